The summed E-state index contributed by atoms with van der Waals surface area (Å²) in [5.74, 6) is 0.365. The number of hydrogen-bond acceptors (Lipinski definition) is 5. The van der Waals surface area contributed by atoms with E-state index in [0.717, 1.165) is 30.8 Å². The van der Waals surface area contributed by atoms with Crippen molar-refractivity contribution in [3.63, 3.8) is 0 Å². The molecule has 0 unspecified atom stereocenters. The fourth-order valence-electron chi connectivity index (χ4n) is 2.47. The number of pyridine rings is 1. The first kappa shape index (κ1) is 13.9. The SMILES string of the molecule is CS(=O)(=O)c1cccnc1Nc1ccc2c(c1)CCCN2. The van der Waals surface area contributed by atoms with E-state index in [-0.39, 0.29) is 4.90 Å². The van der Waals surface area contributed by atoms with Crippen LogP contribution in [-0.4, -0.2) is 26.2 Å². The Labute approximate surface area is 124 Å². The lowest BCUT2D eigenvalue weighted by atomic mass is 10.0. The highest BCUT2D eigenvalue weighted by molar-refractivity contribution is 7.90. The van der Waals surface area contributed by atoms with E-state index < -0.39 is 9.84 Å². The van der Waals surface area contributed by atoms with Gasteiger partial charge in [-0.05, 0) is 48.7 Å². The molecule has 21 heavy (non-hydrogen) atoms. The Bertz CT molecular complexity index is 772. The van der Waals surface area contributed by atoms with Crippen LogP contribution in [0.4, 0.5) is 17.2 Å². The van der Waals surface area contributed by atoms with Gasteiger partial charge in [0.1, 0.15) is 10.7 Å². The van der Waals surface area contributed by atoms with Crippen LogP contribution in [0.5, 0.6) is 0 Å². The maximum absolute atomic E-state index is 11.8. The minimum absolute atomic E-state index is 0.209. The van der Waals surface area contributed by atoms with Gasteiger partial charge in [0.05, 0.1) is 0 Å². The normalized spacial score (nSPS) is 14.1. The van der Waals surface area contributed by atoms with Gasteiger partial charge in [0, 0.05) is 30.4 Å². The zero-order chi connectivity index (χ0) is 14.9. The van der Waals surface area contributed by atoms with Gasteiger partial charge in [-0.1, -0.05) is 0 Å². The highest BCUT2D eigenvalue weighted by atomic mass is 32.2. The van der Waals surface area contributed by atoms with Crippen molar-refractivity contribution < 1.29 is 8.42 Å². The molecule has 1 aliphatic heterocycles. The van der Waals surface area contributed by atoms with Crippen molar-refractivity contribution in [3.05, 3.63) is 42.1 Å². The Balaban J connectivity index is 1.94. The molecule has 110 valence electrons. The standard InChI is InChI=1S/C15H17N3O2S/c1-21(19,20)14-5-3-9-17-15(14)18-12-6-7-13-11(10-12)4-2-8-16-13/h3,5-7,9-10,16H,2,4,8H2,1H3,(H,17,18). The number of rotatable bonds is 3. The summed E-state index contributed by atoms with van der Waals surface area (Å²) in [7, 11) is -3.31. The smallest absolute Gasteiger partial charge is 0.179 e. The quantitative estimate of drug-likeness (QED) is 0.912. The minimum atomic E-state index is -3.31. The van der Waals surface area contributed by atoms with E-state index in [1.807, 2.05) is 18.2 Å². The van der Waals surface area contributed by atoms with E-state index in [2.05, 4.69) is 15.6 Å². The lowest BCUT2D eigenvalue weighted by Crippen LogP contribution is -2.12. The van der Waals surface area contributed by atoms with Crippen molar-refractivity contribution in [2.24, 2.45) is 0 Å². The summed E-state index contributed by atoms with van der Waals surface area (Å²) in [6.07, 6.45) is 4.90. The monoisotopic (exact) mass is 303 g/mol. The highest BCUT2D eigenvalue weighted by Crippen LogP contribution is 2.28. The number of anilines is 3. The van der Waals surface area contributed by atoms with Crippen LogP contribution in [-0.2, 0) is 16.3 Å². The molecule has 5 nitrogen and oxygen atoms in total. The molecule has 0 amide bonds. The molecule has 0 spiro atoms. The van der Waals surface area contributed by atoms with Crippen LogP contribution in [0.15, 0.2) is 41.4 Å². The van der Waals surface area contributed by atoms with Crippen LogP contribution in [0.2, 0.25) is 0 Å². The number of fused-ring (bicyclic) bond motifs is 1. The fraction of sp³-hybridized carbons (Fsp3) is 0.267. The second-order valence-electron chi connectivity index (χ2n) is 5.15. The van der Waals surface area contributed by atoms with Gasteiger partial charge in [-0.3, -0.25) is 0 Å². The van der Waals surface area contributed by atoms with Crippen LogP contribution in [0, 0.1) is 0 Å². The first-order chi connectivity index (χ1) is 10.0. The molecule has 0 bridgehead atoms. The lowest BCUT2D eigenvalue weighted by molar-refractivity contribution is 0.602. The number of sulfone groups is 1. The first-order valence-electron chi connectivity index (χ1n) is 6.83. The average Bonchev–Trinajstić information content (AvgIpc) is 2.46. The largest absolute Gasteiger partial charge is 0.385 e. The fourth-order valence-corrected chi connectivity index (χ4v) is 3.25. The van der Waals surface area contributed by atoms with Gasteiger partial charge < -0.3 is 10.6 Å². The van der Waals surface area contributed by atoms with Crippen molar-refractivity contribution in [3.8, 4) is 0 Å². The van der Waals surface area contributed by atoms with E-state index in [4.69, 9.17) is 0 Å². The number of nitrogens with one attached hydrogen (secondary N) is 2. The zero-order valence-corrected chi connectivity index (χ0v) is 12.6. The van der Waals surface area contributed by atoms with Crippen LogP contribution < -0.4 is 10.6 Å². The van der Waals surface area contributed by atoms with Gasteiger partial charge in [-0.25, -0.2) is 13.4 Å². The molecule has 2 heterocycles. The molecule has 1 aromatic carbocycles. The molecule has 0 aliphatic carbocycles. The lowest BCUT2D eigenvalue weighted by Gasteiger charge is -2.19. The Morgan fingerprint density at radius 1 is 1.29 bits per heavy atom. The molecular weight excluding hydrogens is 286 g/mol. The van der Waals surface area contributed by atoms with Gasteiger partial charge >= 0.3 is 0 Å². The van der Waals surface area contributed by atoms with E-state index in [1.165, 1.54) is 11.8 Å². The predicted octanol–water partition coefficient (Wildman–Crippen LogP) is 2.59. The summed E-state index contributed by atoms with van der Waals surface area (Å²) in [5, 5.41) is 6.46. The summed E-state index contributed by atoms with van der Waals surface area (Å²) in [4.78, 5) is 4.36. The summed E-state index contributed by atoms with van der Waals surface area (Å²) in [6.45, 7) is 0.998. The van der Waals surface area contributed by atoms with Crippen LogP contribution in [0.3, 0.4) is 0 Å². The third-order valence-corrected chi connectivity index (χ3v) is 4.60. The van der Waals surface area contributed by atoms with Gasteiger partial charge in [-0.15, -0.1) is 0 Å². The Hall–Kier alpha value is -2.08. The van der Waals surface area contributed by atoms with Crippen LogP contribution in [0.1, 0.15) is 12.0 Å². The first-order valence-corrected chi connectivity index (χ1v) is 8.72. The Morgan fingerprint density at radius 3 is 2.95 bits per heavy atom. The van der Waals surface area contributed by atoms with E-state index in [0.29, 0.717) is 5.82 Å². The molecule has 1 aliphatic rings. The summed E-state index contributed by atoms with van der Waals surface area (Å²) in [6, 6.07) is 9.17. The summed E-state index contributed by atoms with van der Waals surface area (Å²) < 4.78 is 23.6. The van der Waals surface area contributed by atoms with Gasteiger partial charge in [0.25, 0.3) is 0 Å². The number of hydrogen-bond donors (Lipinski definition) is 2. The molecule has 0 atom stereocenters. The Kier molecular flexibility index (Phi) is 3.55. The molecule has 2 aromatic rings. The predicted molar refractivity (Wildman–Crippen MR) is 83.9 cm³/mol. The van der Waals surface area contributed by atoms with Crippen molar-refractivity contribution in [1.82, 2.24) is 4.98 Å². The maximum atomic E-state index is 11.8. The van der Waals surface area contributed by atoms with Crippen molar-refractivity contribution >= 4 is 27.0 Å². The summed E-state index contributed by atoms with van der Waals surface area (Å²) >= 11 is 0. The molecule has 6 heteroatoms. The number of benzene rings is 1. The van der Waals surface area contributed by atoms with Crippen molar-refractivity contribution in [1.29, 1.82) is 0 Å². The minimum Gasteiger partial charge on any atom is -0.385 e. The average molecular weight is 303 g/mol. The van der Waals surface area contributed by atoms with Crippen LogP contribution >= 0.6 is 0 Å². The van der Waals surface area contributed by atoms with Gasteiger partial charge in [0.2, 0.25) is 0 Å². The van der Waals surface area contributed by atoms with E-state index in [1.54, 1.807) is 18.3 Å². The summed E-state index contributed by atoms with van der Waals surface area (Å²) in [5.41, 5.74) is 3.24. The molecule has 0 saturated carbocycles. The molecule has 0 saturated heterocycles. The maximum Gasteiger partial charge on any atom is 0.179 e. The highest BCUT2D eigenvalue weighted by Gasteiger charge is 2.15. The molecule has 2 N–H and O–H groups in total. The van der Waals surface area contributed by atoms with Crippen molar-refractivity contribution in [2.45, 2.75) is 17.7 Å². The topological polar surface area (TPSA) is 71.1 Å². The second kappa shape index (κ2) is 5.37. The number of aromatic nitrogens is 1. The zero-order valence-electron chi connectivity index (χ0n) is 11.8. The Morgan fingerprint density at radius 2 is 2.14 bits per heavy atom. The van der Waals surface area contributed by atoms with Crippen molar-refractivity contribution in [2.75, 3.05) is 23.4 Å². The second-order valence-corrected chi connectivity index (χ2v) is 7.13. The number of aryl methyl sites for hydroxylation is 1. The van der Waals surface area contributed by atoms with Gasteiger partial charge in [-0.2, -0.15) is 0 Å². The van der Waals surface area contributed by atoms with E-state index in [9.17, 15) is 8.42 Å². The molecule has 0 fully saturated rings. The molecule has 1 aromatic heterocycles. The molecule has 3 rings (SSSR count). The van der Waals surface area contributed by atoms with Gasteiger partial charge in [0.15, 0.2) is 9.84 Å². The molecule has 0 radical (unpaired) electrons. The number of nitrogens with zero attached hydrogens (tertiary/aromatic N) is 1. The third-order valence-electron chi connectivity index (χ3n) is 3.48. The van der Waals surface area contributed by atoms with Crippen LogP contribution in [0.25, 0.3) is 0 Å². The third kappa shape index (κ3) is 3.00. The van der Waals surface area contributed by atoms with E-state index >= 15 is 0 Å². The molecular formula is C15H17N3O2S.